The van der Waals surface area contributed by atoms with Gasteiger partial charge in [-0.1, -0.05) is 18.2 Å². The van der Waals surface area contributed by atoms with Crippen LogP contribution in [-0.4, -0.2) is 17.7 Å². The summed E-state index contributed by atoms with van der Waals surface area (Å²) >= 11 is -0.172. The number of carbonyl (C=O) groups is 1. The fourth-order valence-electron chi connectivity index (χ4n) is 2.34. The SMILES string of the molecule is CC1(C)CC(Oc2ccc([I+]c3ccccc3)cc2)C(=O)O1. The van der Waals surface area contributed by atoms with E-state index in [-0.39, 0.29) is 27.2 Å². The number of rotatable bonds is 4. The van der Waals surface area contributed by atoms with E-state index >= 15 is 0 Å². The smallest absolute Gasteiger partial charge is 0.357 e. The van der Waals surface area contributed by atoms with Crippen molar-refractivity contribution in [2.75, 3.05) is 0 Å². The second kappa shape index (κ2) is 6.28. The first-order valence-corrected chi connectivity index (χ1v) is 9.37. The minimum atomic E-state index is -0.496. The summed E-state index contributed by atoms with van der Waals surface area (Å²) in [6, 6.07) is 18.5. The van der Waals surface area contributed by atoms with Crippen molar-refractivity contribution in [2.45, 2.75) is 32.0 Å². The molecule has 1 aliphatic heterocycles. The van der Waals surface area contributed by atoms with Crippen LogP contribution in [0.2, 0.25) is 0 Å². The Labute approximate surface area is 140 Å². The van der Waals surface area contributed by atoms with Gasteiger partial charge in [0.15, 0.2) is 13.2 Å². The molecule has 0 N–H and O–H groups in total. The van der Waals surface area contributed by atoms with Crippen LogP contribution < -0.4 is 25.9 Å². The molecule has 4 heteroatoms. The Morgan fingerprint density at radius 3 is 2.27 bits per heavy atom. The van der Waals surface area contributed by atoms with Crippen LogP contribution in [0.5, 0.6) is 5.75 Å². The number of benzene rings is 2. The molecule has 1 saturated heterocycles. The molecule has 0 aromatic heterocycles. The lowest BCUT2D eigenvalue weighted by Gasteiger charge is -2.14. The molecule has 2 aromatic rings. The Morgan fingerprint density at radius 1 is 1.05 bits per heavy atom. The summed E-state index contributed by atoms with van der Waals surface area (Å²) in [5, 5.41) is 0. The molecular weight excluding hydrogens is 391 g/mol. The van der Waals surface area contributed by atoms with E-state index in [2.05, 4.69) is 36.4 Å². The van der Waals surface area contributed by atoms with Crippen LogP contribution in [0.4, 0.5) is 0 Å². The van der Waals surface area contributed by atoms with Crippen LogP contribution in [0.1, 0.15) is 20.3 Å². The molecule has 1 fully saturated rings. The summed E-state index contributed by atoms with van der Waals surface area (Å²) in [6.07, 6.45) is 0.0922. The van der Waals surface area contributed by atoms with E-state index in [1.807, 2.05) is 32.0 Å². The fourth-order valence-corrected chi connectivity index (χ4v) is 4.56. The van der Waals surface area contributed by atoms with E-state index in [0.29, 0.717) is 6.42 Å². The van der Waals surface area contributed by atoms with Gasteiger partial charge in [-0.15, -0.1) is 0 Å². The van der Waals surface area contributed by atoms with Gasteiger partial charge in [0.25, 0.3) is 0 Å². The van der Waals surface area contributed by atoms with E-state index in [1.54, 1.807) is 0 Å². The van der Waals surface area contributed by atoms with Crippen molar-refractivity contribution in [2.24, 2.45) is 0 Å². The lowest BCUT2D eigenvalue weighted by atomic mass is 10.0. The first kappa shape index (κ1) is 15.3. The molecule has 0 spiro atoms. The van der Waals surface area contributed by atoms with E-state index < -0.39 is 11.7 Å². The van der Waals surface area contributed by atoms with Crippen molar-refractivity contribution in [1.29, 1.82) is 0 Å². The fraction of sp³-hybridized carbons (Fsp3) is 0.278. The minimum absolute atomic E-state index is 0.172. The Bertz CT molecular complexity index is 650. The zero-order chi connectivity index (χ0) is 15.6. The van der Waals surface area contributed by atoms with Crippen LogP contribution in [0, 0.1) is 7.14 Å². The highest BCUT2D eigenvalue weighted by molar-refractivity contribution is 5.77. The minimum Gasteiger partial charge on any atom is -0.479 e. The van der Waals surface area contributed by atoms with E-state index in [1.165, 1.54) is 7.14 Å². The number of cyclic esters (lactones) is 1. The van der Waals surface area contributed by atoms with Gasteiger partial charge in [-0.05, 0) is 50.2 Å². The van der Waals surface area contributed by atoms with Crippen LogP contribution in [0.25, 0.3) is 0 Å². The maximum Gasteiger partial charge on any atom is 0.357 e. The third-order valence-electron chi connectivity index (χ3n) is 3.36. The van der Waals surface area contributed by atoms with Crippen LogP contribution in [0.3, 0.4) is 0 Å². The average molecular weight is 409 g/mol. The highest BCUT2D eigenvalue weighted by atomic mass is 127. The second-order valence-electron chi connectivity index (χ2n) is 5.84. The molecule has 1 heterocycles. The Kier molecular flexibility index (Phi) is 4.38. The normalized spacial score (nSPS) is 19.7. The zero-order valence-corrected chi connectivity index (χ0v) is 14.7. The molecule has 1 aliphatic rings. The lowest BCUT2D eigenvalue weighted by molar-refractivity contribution is -0.597. The van der Waals surface area contributed by atoms with Crippen LogP contribution >= 0.6 is 0 Å². The van der Waals surface area contributed by atoms with Gasteiger partial charge in [0.05, 0.1) is 0 Å². The molecule has 3 rings (SSSR count). The number of carbonyl (C=O) groups excluding carboxylic acids is 1. The molecule has 1 atom stereocenters. The number of ether oxygens (including phenoxy) is 2. The van der Waals surface area contributed by atoms with Gasteiger partial charge in [-0.3, -0.25) is 0 Å². The van der Waals surface area contributed by atoms with Crippen molar-refractivity contribution in [1.82, 2.24) is 0 Å². The monoisotopic (exact) mass is 409 g/mol. The molecule has 0 saturated carbocycles. The molecule has 0 radical (unpaired) electrons. The molecule has 3 nitrogen and oxygen atoms in total. The zero-order valence-electron chi connectivity index (χ0n) is 12.6. The third kappa shape index (κ3) is 3.80. The molecular formula is C18H18IO3+. The van der Waals surface area contributed by atoms with E-state index in [4.69, 9.17) is 9.47 Å². The molecule has 2 aromatic carbocycles. The summed E-state index contributed by atoms with van der Waals surface area (Å²) in [6.45, 7) is 3.81. The number of esters is 1. The molecule has 22 heavy (non-hydrogen) atoms. The summed E-state index contributed by atoms with van der Waals surface area (Å²) in [4.78, 5) is 11.8. The van der Waals surface area contributed by atoms with Crippen molar-refractivity contribution in [3.05, 3.63) is 61.7 Å². The molecule has 0 aliphatic carbocycles. The molecule has 0 bridgehead atoms. The molecule has 0 amide bonds. The predicted octanol–water partition coefficient (Wildman–Crippen LogP) is 0.288. The second-order valence-corrected chi connectivity index (χ2v) is 8.87. The van der Waals surface area contributed by atoms with Gasteiger partial charge in [0.1, 0.15) is 11.4 Å². The van der Waals surface area contributed by atoms with Crippen molar-refractivity contribution < 1.29 is 35.5 Å². The van der Waals surface area contributed by atoms with Gasteiger partial charge in [0, 0.05) is 6.42 Å². The average Bonchev–Trinajstić information content (AvgIpc) is 2.74. The van der Waals surface area contributed by atoms with E-state index in [9.17, 15) is 4.79 Å². The summed E-state index contributed by atoms with van der Waals surface area (Å²) in [5.74, 6) is 0.450. The molecule has 1 unspecified atom stereocenters. The van der Waals surface area contributed by atoms with Crippen LogP contribution in [0.15, 0.2) is 54.6 Å². The third-order valence-corrected chi connectivity index (χ3v) is 6.04. The standard InChI is InChI=1S/C18H18IO3/c1-18(2)12-16(17(20)22-18)21-15-10-8-14(9-11-15)19-13-6-4-3-5-7-13/h3-11,16H,12H2,1-2H3/q+1. The predicted molar refractivity (Wildman–Crippen MR) is 79.5 cm³/mol. The first-order chi connectivity index (χ1) is 10.5. The molecule has 114 valence electrons. The van der Waals surface area contributed by atoms with Gasteiger partial charge in [-0.2, -0.15) is 0 Å². The summed E-state index contributed by atoms with van der Waals surface area (Å²) < 4.78 is 13.8. The van der Waals surface area contributed by atoms with Gasteiger partial charge >= 0.3 is 27.2 Å². The number of halogens is 1. The van der Waals surface area contributed by atoms with E-state index in [0.717, 1.165) is 5.75 Å². The number of hydrogen-bond donors (Lipinski definition) is 0. The van der Waals surface area contributed by atoms with Gasteiger partial charge in [-0.25, -0.2) is 4.79 Å². The Balaban J connectivity index is 1.64. The van der Waals surface area contributed by atoms with Gasteiger partial charge < -0.3 is 9.47 Å². The Hall–Kier alpha value is -1.56. The summed E-state index contributed by atoms with van der Waals surface area (Å²) in [5.41, 5.74) is -0.430. The van der Waals surface area contributed by atoms with Crippen molar-refractivity contribution in [3.63, 3.8) is 0 Å². The highest BCUT2D eigenvalue weighted by Crippen LogP contribution is 2.28. The quantitative estimate of drug-likeness (QED) is 0.538. The summed E-state index contributed by atoms with van der Waals surface area (Å²) in [7, 11) is 0. The number of hydrogen-bond acceptors (Lipinski definition) is 3. The topological polar surface area (TPSA) is 35.5 Å². The first-order valence-electron chi connectivity index (χ1n) is 7.21. The maximum atomic E-state index is 11.8. The lowest BCUT2D eigenvalue weighted by Crippen LogP contribution is -3.61. The van der Waals surface area contributed by atoms with Gasteiger partial charge in [0.2, 0.25) is 0 Å². The Morgan fingerprint density at radius 2 is 1.68 bits per heavy atom. The van der Waals surface area contributed by atoms with Crippen molar-refractivity contribution >= 4 is 5.97 Å². The van der Waals surface area contributed by atoms with Crippen molar-refractivity contribution in [3.8, 4) is 5.75 Å². The van der Waals surface area contributed by atoms with Crippen LogP contribution in [-0.2, 0) is 9.53 Å². The largest absolute Gasteiger partial charge is 0.479 e. The maximum absolute atomic E-state index is 11.8. The highest BCUT2D eigenvalue weighted by Gasteiger charge is 2.41.